The number of hydrogen-bond acceptors (Lipinski definition) is 6. The number of hydrogen-bond donors (Lipinski definition) is 0. The van der Waals surface area contributed by atoms with Crippen LogP contribution in [0.25, 0.3) is 11.4 Å². The highest BCUT2D eigenvalue weighted by Crippen LogP contribution is 2.33. The second-order valence-electron chi connectivity index (χ2n) is 8.69. The molecule has 8 nitrogen and oxygen atoms in total. The monoisotopic (exact) mass is 466 g/mol. The van der Waals surface area contributed by atoms with E-state index in [1.165, 1.54) is 4.31 Å². The van der Waals surface area contributed by atoms with Gasteiger partial charge in [0.2, 0.25) is 27.6 Å². The quantitative estimate of drug-likeness (QED) is 0.585. The summed E-state index contributed by atoms with van der Waals surface area (Å²) >= 11 is 0. The van der Waals surface area contributed by atoms with Gasteiger partial charge in [0.25, 0.3) is 0 Å². The molecule has 3 aromatic rings. The molecule has 172 valence electrons. The van der Waals surface area contributed by atoms with E-state index < -0.39 is 10.0 Å². The molecule has 1 atom stereocenters. The Morgan fingerprint density at radius 2 is 1.94 bits per heavy atom. The summed E-state index contributed by atoms with van der Waals surface area (Å²) in [6.07, 6.45) is 2.16. The van der Waals surface area contributed by atoms with Gasteiger partial charge in [0, 0.05) is 37.8 Å². The number of anilines is 1. The van der Waals surface area contributed by atoms with Gasteiger partial charge in [-0.2, -0.15) is 9.29 Å². The largest absolute Gasteiger partial charge is 0.339 e. The van der Waals surface area contributed by atoms with Gasteiger partial charge in [-0.05, 0) is 49.4 Å². The van der Waals surface area contributed by atoms with Crippen molar-refractivity contribution in [2.75, 3.05) is 24.5 Å². The zero-order valence-corrected chi connectivity index (χ0v) is 19.5. The first-order valence-electron chi connectivity index (χ1n) is 11.2. The molecule has 3 heterocycles. The van der Waals surface area contributed by atoms with Crippen molar-refractivity contribution in [1.29, 1.82) is 0 Å². The van der Waals surface area contributed by atoms with E-state index in [0.29, 0.717) is 48.8 Å². The van der Waals surface area contributed by atoms with Gasteiger partial charge in [-0.25, -0.2) is 8.42 Å². The number of carbonyl (C=O) groups excluding carboxylic acids is 1. The Morgan fingerprint density at radius 3 is 2.73 bits per heavy atom. The Morgan fingerprint density at radius 1 is 1.12 bits per heavy atom. The van der Waals surface area contributed by atoms with Crippen LogP contribution in [0, 0.1) is 19.8 Å². The lowest BCUT2D eigenvalue weighted by molar-refractivity contribution is -0.123. The molecule has 0 N–H and O–H groups in total. The first kappa shape index (κ1) is 21.8. The molecule has 2 aliphatic heterocycles. The van der Waals surface area contributed by atoms with Crippen LogP contribution in [-0.2, 0) is 21.2 Å². The van der Waals surface area contributed by atoms with Crippen LogP contribution in [0.2, 0.25) is 0 Å². The van der Waals surface area contributed by atoms with E-state index >= 15 is 0 Å². The molecule has 2 aliphatic rings. The van der Waals surface area contributed by atoms with Crippen molar-refractivity contribution in [2.24, 2.45) is 5.92 Å². The Bertz CT molecular complexity index is 1320. The average Bonchev–Trinajstić information content (AvgIpc) is 3.45. The van der Waals surface area contributed by atoms with Crippen molar-refractivity contribution in [3.63, 3.8) is 0 Å². The summed E-state index contributed by atoms with van der Waals surface area (Å²) in [6, 6.07) is 13.1. The van der Waals surface area contributed by atoms with Crippen LogP contribution in [0.3, 0.4) is 0 Å². The third-order valence-electron chi connectivity index (χ3n) is 6.48. The van der Waals surface area contributed by atoms with E-state index in [2.05, 4.69) is 10.1 Å². The van der Waals surface area contributed by atoms with E-state index in [4.69, 9.17) is 4.52 Å². The fraction of sp³-hybridized carbons (Fsp3) is 0.375. The summed E-state index contributed by atoms with van der Waals surface area (Å²) in [5.74, 6) is 0.412. The highest BCUT2D eigenvalue weighted by atomic mass is 32.2. The second kappa shape index (κ2) is 8.39. The second-order valence-corrected chi connectivity index (χ2v) is 10.6. The lowest BCUT2D eigenvalue weighted by Gasteiger charge is -2.33. The van der Waals surface area contributed by atoms with Crippen molar-refractivity contribution < 1.29 is 17.7 Å². The molecule has 0 spiro atoms. The Kier molecular flexibility index (Phi) is 5.54. The van der Waals surface area contributed by atoms with Crippen LogP contribution in [-0.4, -0.2) is 48.4 Å². The molecule has 5 rings (SSSR count). The molecule has 1 saturated heterocycles. The van der Waals surface area contributed by atoms with Gasteiger partial charge in [-0.3, -0.25) is 4.79 Å². The predicted octanol–water partition coefficient (Wildman–Crippen LogP) is 3.34. The maximum atomic E-state index is 13.6. The molecule has 9 heteroatoms. The van der Waals surface area contributed by atoms with Crippen molar-refractivity contribution in [1.82, 2.24) is 14.4 Å². The first-order chi connectivity index (χ1) is 15.8. The zero-order valence-electron chi connectivity index (χ0n) is 18.7. The Balaban J connectivity index is 1.40. The number of rotatable bonds is 4. The summed E-state index contributed by atoms with van der Waals surface area (Å²) in [4.78, 5) is 19.6. The summed E-state index contributed by atoms with van der Waals surface area (Å²) in [7, 11) is -3.79. The molecular formula is C24H26N4O4S. The van der Waals surface area contributed by atoms with Crippen molar-refractivity contribution in [2.45, 2.75) is 38.0 Å². The molecule has 1 aromatic heterocycles. The predicted molar refractivity (Wildman–Crippen MR) is 123 cm³/mol. The van der Waals surface area contributed by atoms with E-state index in [0.717, 1.165) is 17.7 Å². The standard InChI is InChI=1S/C24H26N4O4S/c1-16-9-10-19(23-25-17(2)32-26-23)14-22(16)33(30,31)27-12-5-7-20(15-27)24(29)28-13-11-18-6-3-4-8-21(18)28/h3-4,6,8-10,14,20H,5,7,11-13,15H2,1-2H3. The smallest absolute Gasteiger partial charge is 0.243 e. The molecule has 2 aromatic carbocycles. The van der Waals surface area contributed by atoms with Crippen LogP contribution >= 0.6 is 0 Å². The molecule has 0 radical (unpaired) electrons. The number of carbonyl (C=O) groups is 1. The van der Waals surface area contributed by atoms with Crippen LogP contribution in [0.4, 0.5) is 5.69 Å². The molecule has 0 bridgehead atoms. The van der Waals surface area contributed by atoms with Gasteiger partial charge < -0.3 is 9.42 Å². The van der Waals surface area contributed by atoms with Crippen LogP contribution < -0.4 is 4.90 Å². The summed E-state index contributed by atoms with van der Waals surface area (Å²) in [5, 5.41) is 3.90. The van der Waals surface area contributed by atoms with Crippen LogP contribution in [0.1, 0.15) is 29.9 Å². The SMILES string of the molecule is Cc1nc(-c2ccc(C)c(S(=O)(=O)N3CCCC(C(=O)N4CCc5ccccc54)C3)c2)no1. The molecule has 33 heavy (non-hydrogen) atoms. The van der Waals surface area contributed by atoms with Gasteiger partial charge in [0.1, 0.15) is 0 Å². The van der Waals surface area contributed by atoms with E-state index in [-0.39, 0.29) is 23.3 Å². The normalized spacial score (nSPS) is 19.0. The number of amides is 1. The molecule has 1 amide bonds. The lowest BCUT2D eigenvalue weighted by atomic mass is 9.98. The molecular weight excluding hydrogens is 440 g/mol. The van der Waals surface area contributed by atoms with Crippen molar-refractivity contribution in [3.8, 4) is 11.4 Å². The number of para-hydroxylation sites is 1. The minimum atomic E-state index is -3.79. The maximum absolute atomic E-state index is 13.6. The van der Waals surface area contributed by atoms with Gasteiger partial charge >= 0.3 is 0 Å². The van der Waals surface area contributed by atoms with Crippen LogP contribution in [0.15, 0.2) is 51.9 Å². The number of aryl methyl sites for hydroxylation is 2. The summed E-state index contributed by atoms with van der Waals surface area (Å²) in [5.41, 5.74) is 3.33. The Hall–Kier alpha value is -3.04. The highest BCUT2D eigenvalue weighted by Gasteiger charge is 2.37. The fourth-order valence-electron chi connectivity index (χ4n) is 4.72. The van der Waals surface area contributed by atoms with Gasteiger partial charge in [-0.1, -0.05) is 35.5 Å². The van der Waals surface area contributed by atoms with Gasteiger partial charge in [0.15, 0.2) is 0 Å². The molecule has 1 fully saturated rings. The molecule has 0 saturated carbocycles. The van der Waals surface area contributed by atoms with Gasteiger partial charge in [-0.15, -0.1) is 0 Å². The number of nitrogens with zero attached hydrogens (tertiary/aromatic N) is 4. The number of piperidine rings is 1. The minimum Gasteiger partial charge on any atom is -0.339 e. The van der Waals surface area contributed by atoms with E-state index in [9.17, 15) is 13.2 Å². The lowest BCUT2D eigenvalue weighted by Crippen LogP contribution is -2.46. The number of benzene rings is 2. The van der Waals surface area contributed by atoms with E-state index in [1.807, 2.05) is 29.2 Å². The summed E-state index contributed by atoms with van der Waals surface area (Å²) in [6.45, 7) is 4.68. The Labute approximate surface area is 193 Å². The summed E-state index contributed by atoms with van der Waals surface area (Å²) < 4.78 is 33.7. The number of aromatic nitrogens is 2. The third-order valence-corrected chi connectivity index (χ3v) is 8.49. The fourth-order valence-corrected chi connectivity index (χ4v) is 6.50. The topological polar surface area (TPSA) is 96.6 Å². The molecule has 1 unspecified atom stereocenters. The average molecular weight is 467 g/mol. The highest BCUT2D eigenvalue weighted by molar-refractivity contribution is 7.89. The van der Waals surface area contributed by atoms with Crippen molar-refractivity contribution >= 4 is 21.6 Å². The zero-order chi connectivity index (χ0) is 23.2. The van der Waals surface area contributed by atoms with Gasteiger partial charge in [0.05, 0.1) is 10.8 Å². The number of fused-ring (bicyclic) bond motifs is 1. The molecule has 0 aliphatic carbocycles. The first-order valence-corrected chi connectivity index (χ1v) is 12.6. The van der Waals surface area contributed by atoms with E-state index in [1.54, 1.807) is 32.0 Å². The number of sulfonamides is 1. The van der Waals surface area contributed by atoms with Crippen LogP contribution in [0.5, 0.6) is 0 Å². The third kappa shape index (κ3) is 3.95. The maximum Gasteiger partial charge on any atom is 0.243 e. The minimum absolute atomic E-state index is 0.00703. The van der Waals surface area contributed by atoms with Crippen molar-refractivity contribution in [3.05, 3.63) is 59.5 Å².